The molecule has 0 saturated carbocycles. The second-order valence-corrected chi connectivity index (χ2v) is 6.48. The summed E-state index contributed by atoms with van der Waals surface area (Å²) in [5.41, 5.74) is 4.00. The van der Waals surface area contributed by atoms with E-state index in [-0.39, 0.29) is 5.92 Å². The van der Waals surface area contributed by atoms with E-state index in [9.17, 15) is 0 Å². The van der Waals surface area contributed by atoms with Crippen LogP contribution in [0.3, 0.4) is 0 Å². The van der Waals surface area contributed by atoms with Gasteiger partial charge in [0.15, 0.2) is 0 Å². The van der Waals surface area contributed by atoms with E-state index < -0.39 is 0 Å². The third-order valence-corrected chi connectivity index (χ3v) is 5.30. The zero-order valence-corrected chi connectivity index (χ0v) is 12.7. The Morgan fingerprint density at radius 2 is 1.77 bits per heavy atom. The largest absolute Gasteiger partial charge is 0.264 e. The molecule has 2 aromatic carbocycles. The molecule has 1 aliphatic rings. The van der Waals surface area contributed by atoms with Crippen LogP contribution < -0.4 is 0 Å². The van der Waals surface area contributed by atoms with Gasteiger partial charge in [-0.1, -0.05) is 48.6 Å². The molecule has 2 heterocycles. The summed E-state index contributed by atoms with van der Waals surface area (Å²) in [5, 5.41) is 9.67. The van der Waals surface area contributed by atoms with E-state index in [1.54, 1.807) is 11.3 Å². The van der Waals surface area contributed by atoms with Crippen LogP contribution >= 0.6 is 11.3 Å². The second kappa shape index (κ2) is 4.52. The molecule has 0 N–H and O–H groups in total. The van der Waals surface area contributed by atoms with Crippen LogP contribution in [0.15, 0.2) is 65.6 Å². The molecule has 2 heteroatoms. The SMILES string of the molecule is C1=CC(c2cncc3cscc23)c2cccc3cccc1c23. The maximum Gasteiger partial charge on any atom is 0.0354 e. The highest BCUT2D eigenvalue weighted by Gasteiger charge is 2.21. The average Bonchev–Trinajstić information content (AvgIpc) is 3.05. The highest BCUT2D eigenvalue weighted by Crippen LogP contribution is 2.40. The van der Waals surface area contributed by atoms with Crippen molar-refractivity contribution >= 4 is 39.0 Å². The van der Waals surface area contributed by atoms with Crippen molar-refractivity contribution in [2.45, 2.75) is 5.92 Å². The van der Waals surface area contributed by atoms with Crippen LogP contribution in [0.2, 0.25) is 0 Å². The summed E-state index contributed by atoms with van der Waals surface area (Å²) in [6.07, 6.45) is 8.55. The van der Waals surface area contributed by atoms with Gasteiger partial charge in [0.05, 0.1) is 0 Å². The van der Waals surface area contributed by atoms with E-state index in [2.05, 4.69) is 64.3 Å². The first-order chi connectivity index (χ1) is 10.9. The van der Waals surface area contributed by atoms with Gasteiger partial charge < -0.3 is 0 Å². The molecule has 0 amide bonds. The van der Waals surface area contributed by atoms with E-state index in [0.29, 0.717) is 0 Å². The predicted octanol–water partition coefficient (Wildman–Crippen LogP) is 5.61. The summed E-state index contributed by atoms with van der Waals surface area (Å²) in [6.45, 7) is 0. The summed E-state index contributed by atoms with van der Waals surface area (Å²) in [7, 11) is 0. The van der Waals surface area contributed by atoms with Gasteiger partial charge in [-0.05, 0) is 38.2 Å². The van der Waals surface area contributed by atoms with Crippen LogP contribution in [0.1, 0.15) is 22.6 Å². The minimum Gasteiger partial charge on any atom is -0.264 e. The molecule has 0 radical (unpaired) electrons. The van der Waals surface area contributed by atoms with Gasteiger partial charge in [0, 0.05) is 29.1 Å². The molecule has 0 spiro atoms. The molecule has 0 fully saturated rings. The summed E-state index contributed by atoms with van der Waals surface area (Å²) >= 11 is 1.75. The van der Waals surface area contributed by atoms with Gasteiger partial charge in [0.1, 0.15) is 0 Å². The van der Waals surface area contributed by atoms with E-state index >= 15 is 0 Å². The smallest absolute Gasteiger partial charge is 0.0354 e. The first-order valence-corrected chi connectivity index (χ1v) is 8.36. The van der Waals surface area contributed by atoms with Crippen molar-refractivity contribution in [1.82, 2.24) is 4.98 Å². The van der Waals surface area contributed by atoms with Gasteiger partial charge in [-0.15, -0.1) is 0 Å². The van der Waals surface area contributed by atoms with E-state index in [1.165, 1.54) is 38.2 Å². The first-order valence-electron chi connectivity index (χ1n) is 7.41. The van der Waals surface area contributed by atoms with E-state index in [1.807, 2.05) is 12.4 Å². The number of thiophene rings is 1. The highest BCUT2D eigenvalue weighted by molar-refractivity contribution is 7.09. The van der Waals surface area contributed by atoms with Gasteiger partial charge >= 0.3 is 0 Å². The van der Waals surface area contributed by atoms with E-state index in [0.717, 1.165) is 0 Å². The first kappa shape index (κ1) is 12.1. The lowest BCUT2D eigenvalue weighted by Gasteiger charge is -2.22. The maximum atomic E-state index is 4.45. The predicted molar refractivity (Wildman–Crippen MR) is 94.4 cm³/mol. The Kier molecular flexibility index (Phi) is 2.49. The van der Waals surface area contributed by atoms with Crippen LogP contribution in [-0.2, 0) is 0 Å². The van der Waals surface area contributed by atoms with Crippen molar-refractivity contribution < 1.29 is 0 Å². The zero-order valence-electron chi connectivity index (χ0n) is 11.9. The van der Waals surface area contributed by atoms with Crippen molar-refractivity contribution in [3.05, 3.63) is 82.3 Å². The fourth-order valence-corrected chi connectivity index (χ4v) is 4.34. The zero-order chi connectivity index (χ0) is 14.5. The third-order valence-electron chi connectivity index (χ3n) is 4.54. The lowest BCUT2D eigenvalue weighted by Crippen LogP contribution is -2.04. The van der Waals surface area contributed by atoms with Gasteiger partial charge in [-0.3, -0.25) is 4.98 Å². The molecule has 0 aliphatic heterocycles. The number of hydrogen-bond acceptors (Lipinski definition) is 2. The van der Waals surface area contributed by atoms with Crippen LogP contribution in [0.25, 0.3) is 27.6 Å². The van der Waals surface area contributed by atoms with Gasteiger partial charge in [-0.2, -0.15) is 11.3 Å². The van der Waals surface area contributed by atoms with Crippen LogP contribution in [0, 0.1) is 0 Å². The molecule has 2 aromatic heterocycles. The number of benzene rings is 2. The number of rotatable bonds is 1. The number of fused-ring (bicyclic) bond motifs is 1. The van der Waals surface area contributed by atoms with Crippen molar-refractivity contribution in [2.75, 3.05) is 0 Å². The number of aromatic nitrogens is 1. The summed E-state index contributed by atoms with van der Waals surface area (Å²) in [6, 6.07) is 13.1. The Hall–Kier alpha value is -2.45. The van der Waals surface area contributed by atoms with Gasteiger partial charge in [0.25, 0.3) is 0 Å². The van der Waals surface area contributed by atoms with E-state index in [4.69, 9.17) is 0 Å². The maximum absolute atomic E-state index is 4.45. The highest BCUT2D eigenvalue weighted by atomic mass is 32.1. The van der Waals surface area contributed by atoms with Crippen LogP contribution in [0.4, 0.5) is 0 Å². The van der Waals surface area contributed by atoms with Crippen molar-refractivity contribution in [2.24, 2.45) is 0 Å². The number of allylic oxidation sites excluding steroid dienone is 1. The molecule has 0 bridgehead atoms. The monoisotopic (exact) mass is 299 g/mol. The topological polar surface area (TPSA) is 12.9 Å². The molecule has 1 atom stereocenters. The Morgan fingerprint density at radius 1 is 0.864 bits per heavy atom. The quantitative estimate of drug-likeness (QED) is 0.445. The molecule has 22 heavy (non-hydrogen) atoms. The summed E-state index contributed by atoms with van der Waals surface area (Å²) in [5.74, 6) is 0.282. The Bertz CT molecular complexity index is 1040. The Balaban J connectivity index is 1.83. The Morgan fingerprint density at radius 3 is 2.73 bits per heavy atom. The average molecular weight is 299 g/mol. The Labute approximate surface area is 132 Å². The standard InChI is InChI=1S/C20H13NS/c1-3-13-5-2-6-17-16(8-7-14(4-1)20(13)17)18-10-21-9-15-11-22-12-19(15)18/h1-12,16H. The molecule has 1 nitrogen and oxygen atoms in total. The van der Waals surface area contributed by atoms with Gasteiger partial charge in [-0.25, -0.2) is 0 Å². The summed E-state index contributed by atoms with van der Waals surface area (Å²) < 4.78 is 0. The lowest BCUT2D eigenvalue weighted by molar-refractivity contribution is 1.04. The molecular weight excluding hydrogens is 286 g/mol. The molecule has 5 rings (SSSR count). The molecule has 1 unspecified atom stereocenters. The van der Waals surface area contributed by atoms with Crippen molar-refractivity contribution in [3.63, 3.8) is 0 Å². The second-order valence-electron chi connectivity index (χ2n) is 5.73. The fourth-order valence-electron chi connectivity index (χ4n) is 3.53. The third kappa shape index (κ3) is 1.62. The minimum atomic E-state index is 0.282. The molecular formula is C20H13NS. The number of pyridine rings is 1. The van der Waals surface area contributed by atoms with Crippen LogP contribution in [-0.4, -0.2) is 4.98 Å². The van der Waals surface area contributed by atoms with Crippen LogP contribution in [0.5, 0.6) is 0 Å². The minimum absolute atomic E-state index is 0.282. The number of nitrogens with zero attached hydrogens (tertiary/aromatic N) is 1. The number of hydrogen-bond donors (Lipinski definition) is 0. The molecule has 104 valence electrons. The molecule has 1 aliphatic carbocycles. The fraction of sp³-hybridized carbons (Fsp3) is 0.0500. The summed E-state index contributed by atoms with van der Waals surface area (Å²) in [4.78, 5) is 4.45. The molecule has 0 saturated heterocycles. The normalized spacial score (nSPS) is 16.5. The molecule has 4 aromatic rings. The lowest BCUT2D eigenvalue weighted by atomic mass is 9.82. The van der Waals surface area contributed by atoms with Crippen molar-refractivity contribution in [3.8, 4) is 0 Å². The van der Waals surface area contributed by atoms with Gasteiger partial charge in [0.2, 0.25) is 0 Å². The van der Waals surface area contributed by atoms with Crippen molar-refractivity contribution in [1.29, 1.82) is 0 Å².